The first-order valence-electron chi connectivity index (χ1n) is 8.60. The Kier molecular flexibility index (Phi) is 6.39. The van der Waals surface area contributed by atoms with Crippen molar-refractivity contribution in [1.82, 2.24) is 9.97 Å². The molecule has 2 aromatic rings. The van der Waals surface area contributed by atoms with Gasteiger partial charge in [-0.3, -0.25) is 0 Å². The molecule has 0 radical (unpaired) electrons. The van der Waals surface area contributed by atoms with Gasteiger partial charge < -0.3 is 9.80 Å². The van der Waals surface area contributed by atoms with E-state index in [2.05, 4.69) is 55.8 Å². The van der Waals surface area contributed by atoms with Crippen LogP contribution in [0.15, 0.2) is 36.4 Å². The van der Waals surface area contributed by atoms with Gasteiger partial charge in [-0.15, -0.1) is 0 Å². The Morgan fingerprint density at radius 1 is 0.913 bits per heavy atom. The van der Waals surface area contributed by atoms with Crippen LogP contribution in [0.4, 0.5) is 11.6 Å². The fraction of sp³-hybridized carbons (Fsp3) is 0.474. The van der Waals surface area contributed by atoms with Gasteiger partial charge >= 0.3 is 0 Å². The zero-order valence-electron chi connectivity index (χ0n) is 14.8. The number of hydrogen-bond donors (Lipinski definition) is 0. The highest BCUT2D eigenvalue weighted by molar-refractivity contribution is 5.62. The molecule has 1 aromatic carbocycles. The van der Waals surface area contributed by atoms with E-state index < -0.39 is 0 Å². The average Bonchev–Trinajstić information content (AvgIpc) is 2.61. The van der Waals surface area contributed by atoms with Gasteiger partial charge in [-0.1, -0.05) is 43.7 Å². The monoisotopic (exact) mass is 312 g/mol. The summed E-state index contributed by atoms with van der Waals surface area (Å²) in [4.78, 5) is 14.1. The third kappa shape index (κ3) is 4.44. The van der Waals surface area contributed by atoms with Crippen molar-refractivity contribution in [1.29, 1.82) is 0 Å². The third-order valence-corrected chi connectivity index (χ3v) is 4.06. The van der Waals surface area contributed by atoms with Gasteiger partial charge in [0.15, 0.2) is 5.82 Å². The van der Waals surface area contributed by atoms with E-state index >= 15 is 0 Å². The van der Waals surface area contributed by atoms with Crippen molar-refractivity contribution in [3.05, 3.63) is 36.4 Å². The molecular formula is C19H28N4. The lowest BCUT2D eigenvalue weighted by Crippen LogP contribution is -2.25. The molecule has 0 aliphatic carbocycles. The van der Waals surface area contributed by atoms with Gasteiger partial charge in [0.1, 0.15) is 11.6 Å². The predicted molar refractivity (Wildman–Crippen MR) is 99.2 cm³/mol. The Balaban J connectivity index is 2.43. The van der Waals surface area contributed by atoms with Crippen LogP contribution in [0.1, 0.15) is 33.6 Å². The minimum absolute atomic E-state index is 0.799. The number of anilines is 2. The van der Waals surface area contributed by atoms with E-state index in [1.165, 1.54) is 12.8 Å². The number of aromatic nitrogens is 2. The average molecular weight is 312 g/mol. The van der Waals surface area contributed by atoms with E-state index in [-0.39, 0.29) is 0 Å². The molecule has 0 atom stereocenters. The van der Waals surface area contributed by atoms with Crippen LogP contribution >= 0.6 is 0 Å². The summed E-state index contributed by atoms with van der Waals surface area (Å²) in [6.07, 6.45) is 2.35. The number of nitrogens with zero attached hydrogens (tertiary/aromatic N) is 4. The Bertz CT molecular complexity index is 594. The van der Waals surface area contributed by atoms with Crippen molar-refractivity contribution in [3.63, 3.8) is 0 Å². The first kappa shape index (κ1) is 17.3. The molecule has 0 saturated carbocycles. The van der Waals surface area contributed by atoms with Crippen molar-refractivity contribution in [2.75, 3.05) is 36.5 Å². The van der Waals surface area contributed by atoms with Crippen LogP contribution in [0.5, 0.6) is 0 Å². The van der Waals surface area contributed by atoms with Crippen LogP contribution in [0.25, 0.3) is 11.4 Å². The molecule has 0 N–H and O–H groups in total. The van der Waals surface area contributed by atoms with Crippen molar-refractivity contribution < 1.29 is 0 Å². The zero-order chi connectivity index (χ0) is 16.7. The molecule has 4 nitrogen and oxygen atoms in total. The van der Waals surface area contributed by atoms with Gasteiger partial charge in [0, 0.05) is 38.3 Å². The topological polar surface area (TPSA) is 32.3 Å². The lowest BCUT2D eigenvalue weighted by atomic mass is 10.2. The SMILES string of the molecule is CCCCN(C)c1cc(N(CC)CC)nc(-c2ccccc2)n1. The molecule has 2 rings (SSSR count). The predicted octanol–water partition coefficient (Wildman–Crippen LogP) is 4.23. The van der Waals surface area contributed by atoms with Crippen LogP contribution in [-0.4, -0.2) is 36.6 Å². The lowest BCUT2D eigenvalue weighted by Gasteiger charge is -2.24. The molecule has 0 saturated heterocycles. The Labute approximate surface area is 140 Å². The summed E-state index contributed by atoms with van der Waals surface area (Å²) in [5.41, 5.74) is 1.06. The maximum absolute atomic E-state index is 4.80. The minimum Gasteiger partial charge on any atom is -0.359 e. The van der Waals surface area contributed by atoms with Crippen LogP contribution in [0.2, 0.25) is 0 Å². The van der Waals surface area contributed by atoms with E-state index in [4.69, 9.17) is 9.97 Å². The van der Waals surface area contributed by atoms with Gasteiger partial charge in [-0.05, 0) is 20.3 Å². The summed E-state index contributed by atoms with van der Waals surface area (Å²) in [5, 5.41) is 0. The van der Waals surface area contributed by atoms with E-state index in [1.807, 2.05) is 18.2 Å². The molecular weight excluding hydrogens is 284 g/mol. The molecule has 1 aromatic heterocycles. The highest BCUT2D eigenvalue weighted by Gasteiger charge is 2.13. The number of hydrogen-bond acceptors (Lipinski definition) is 4. The summed E-state index contributed by atoms with van der Waals surface area (Å²) < 4.78 is 0. The van der Waals surface area contributed by atoms with Crippen LogP contribution in [0, 0.1) is 0 Å². The van der Waals surface area contributed by atoms with Crippen LogP contribution in [0.3, 0.4) is 0 Å². The van der Waals surface area contributed by atoms with E-state index in [9.17, 15) is 0 Å². The molecule has 4 heteroatoms. The van der Waals surface area contributed by atoms with Crippen molar-refractivity contribution in [2.45, 2.75) is 33.6 Å². The molecule has 0 spiro atoms. The Morgan fingerprint density at radius 2 is 1.57 bits per heavy atom. The summed E-state index contributed by atoms with van der Waals surface area (Å²) in [6.45, 7) is 9.44. The molecule has 0 bridgehead atoms. The first-order chi connectivity index (χ1) is 11.2. The van der Waals surface area contributed by atoms with E-state index in [1.54, 1.807) is 0 Å². The molecule has 0 fully saturated rings. The molecule has 0 amide bonds. The highest BCUT2D eigenvalue weighted by Crippen LogP contribution is 2.24. The van der Waals surface area contributed by atoms with Crippen molar-refractivity contribution in [2.24, 2.45) is 0 Å². The number of benzene rings is 1. The van der Waals surface area contributed by atoms with E-state index in [0.29, 0.717) is 0 Å². The molecule has 0 aliphatic heterocycles. The maximum atomic E-state index is 4.80. The second-order valence-corrected chi connectivity index (χ2v) is 5.72. The largest absolute Gasteiger partial charge is 0.359 e. The van der Waals surface area contributed by atoms with Gasteiger partial charge in [0.05, 0.1) is 0 Å². The first-order valence-corrected chi connectivity index (χ1v) is 8.60. The smallest absolute Gasteiger partial charge is 0.163 e. The quantitative estimate of drug-likeness (QED) is 0.730. The normalized spacial score (nSPS) is 10.6. The summed E-state index contributed by atoms with van der Waals surface area (Å²) in [6, 6.07) is 12.3. The summed E-state index contributed by atoms with van der Waals surface area (Å²) >= 11 is 0. The van der Waals surface area contributed by atoms with Crippen LogP contribution < -0.4 is 9.80 Å². The van der Waals surface area contributed by atoms with Crippen molar-refractivity contribution >= 4 is 11.6 Å². The third-order valence-electron chi connectivity index (χ3n) is 4.06. The van der Waals surface area contributed by atoms with Gasteiger partial charge in [0.2, 0.25) is 0 Å². The highest BCUT2D eigenvalue weighted by atomic mass is 15.2. The van der Waals surface area contributed by atoms with E-state index in [0.717, 1.165) is 42.7 Å². The Hall–Kier alpha value is -2.10. The molecule has 1 heterocycles. The molecule has 0 unspecified atom stereocenters. The molecule has 23 heavy (non-hydrogen) atoms. The molecule has 124 valence electrons. The Morgan fingerprint density at radius 3 is 2.17 bits per heavy atom. The minimum atomic E-state index is 0.799. The second kappa shape index (κ2) is 8.51. The van der Waals surface area contributed by atoms with Crippen molar-refractivity contribution in [3.8, 4) is 11.4 Å². The second-order valence-electron chi connectivity index (χ2n) is 5.72. The number of rotatable bonds is 8. The zero-order valence-corrected chi connectivity index (χ0v) is 14.8. The summed E-state index contributed by atoms with van der Waals surface area (Å²) in [7, 11) is 2.11. The standard InChI is InChI=1S/C19H28N4/c1-5-8-14-22(4)17-15-18(23(6-2)7-3)21-19(20-17)16-12-10-9-11-13-16/h9-13,15H,5-8,14H2,1-4H3. The maximum Gasteiger partial charge on any atom is 0.163 e. The van der Waals surface area contributed by atoms with Gasteiger partial charge in [-0.25, -0.2) is 9.97 Å². The fourth-order valence-electron chi connectivity index (χ4n) is 2.55. The number of unbranched alkanes of at least 4 members (excludes halogenated alkanes) is 1. The fourth-order valence-corrected chi connectivity index (χ4v) is 2.55. The van der Waals surface area contributed by atoms with Gasteiger partial charge in [0.25, 0.3) is 0 Å². The van der Waals surface area contributed by atoms with Gasteiger partial charge in [-0.2, -0.15) is 0 Å². The lowest BCUT2D eigenvalue weighted by molar-refractivity contribution is 0.757. The molecule has 0 aliphatic rings. The van der Waals surface area contributed by atoms with Crippen LogP contribution in [-0.2, 0) is 0 Å². The summed E-state index contributed by atoms with van der Waals surface area (Å²) in [5.74, 6) is 2.80.